The van der Waals surface area contributed by atoms with Crippen molar-refractivity contribution in [2.24, 2.45) is 0 Å². The molecule has 1 aliphatic heterocycles. The van der Waals surface area contributed by atoms with Crippen molar-refractivity contribution in [3.05, 3.63) is 42.2 Å². The topological polar surface area (TPSA) is 54.0 Å². The van der Waals surface area contributed by atoms with E-state index >= 15 is 0 Å². The normalized spacial score (nSPS) is 19.2. The summed E-state index contributed by atoms with van der Waals surface area (Å²) in [5.74, 6) is -0.131. The van der Waals surface area contributed by atoms with Gasteiger partial charge in [0.05, 0.1) is 0 Å². The molecule has 5 heteroatoms. The number of carbonyl (C=O) groups excluding carboxylic acids is 1. The Morgan fingerprint density at radius 2 is 2.06 bits per heavy atom. The minimum atomic E-state index is -0.443. The number of fused-ring (bicyclic) bond motifs is 1. The first-order valence-corrected chi connectivity index (χ1v) is 5.60. The van der Waals surface area contributed by atoms with Crippen LogP contribution in [0.2, 0.25) is 0 Å². The molecule has 2 heterocycles. The summed E-state index contributed by atoms with van der Waals surface area (Å²) in [5, 5.41) is 7.92. The zero-order chi connectivity index (χ0) is 11.8. The minimum absolute atomic E-state index is 0.131. The second kappa shape index (κ2) is 3.78. The Morgan fingerprint density at radius 3 is 2.82 bits per heavy atom. The van der Waals surface area contributed by atoms with Crippen molar-refractivity contribution in [2.45, 2.75) is 6.04 Å². The van der Waals surface area contributed by atoms with Gasteiger partial charge in [-0.2, -0.15) is 0 Å². The summed E-state index contributed by atoms with van der Waals surface area (Å²) in [4.78, 5) is 15.9. The van der Waals surface area contributed by atoms with Gasteiger partial charge in [-0.25, -0.2) is 0 Å². The van der Waals surface area contributed by atoms with Crippen molar-refractivity contribution < 1.29 is 4.79 Å². The molecule has 1 atom stereocenters. The number of carbonyl (C=O) groups is 1. The van der Waals surface area contributed by atoms with Crippen LogP contribution in [0.1, 0.15) is 11.6 Å². The van der Waals surface area contributed by atoms with Crippen LogP contribution >= 0.6 is 12.2 Å². The van der Waals surface area contributed by atoms with Crippen LogP contribution in [0, 0.1) is 0 Å². The van der Waals surface area contributed by atoms with Gasteiger partial charge in [-0.1, -0.05) is 24.3 Å². The van der Waals surface area contributed by atoms with E-state index in [-0.39, 0.29) is 5.91 Å². The lowest BCUT2D eigenvalue weighted by atomic mass is 10.0. The number of hydrogen-bond acceptors (Lipinski definition) is 3. The molecule has 84 valence electrons. The molecule has 1 saturated heterocycles. The molecule has 17 heavy (non-hydrogen) atoms. The summed E-state index contributed by atoms with van der Waals surface area (Å²) in [6.45, 7) is 0. The summed E-state index contributed by atoms with van der Waals surface area (Å²) in [5.41, 5.74) is 0.848. The predicted molar refractivity (Wildman–Crippen MR) is 68.4 cm³/mol. The van der Waals surface area contributed by atoms with Gasteiger partial charge in [0.1, 0.15) is 6.04 Å². The van der Waals surface area contributed by atoms with E-state index in [1.54, 1.807) is 12.4 Å². The molecule has 4 nitrogen and oxygen atoms in total. The van der Waals surface area contributed by atoms with Crippen LogP contribution in [0.4, 0.5) is 0 Å². The fourth-order valence-electron chi connectivity index (χ4n) is 2.01. The summed E-state index contributed by atoms with van der Waals surface area (Å²) in [6, 6.07) is 7.39. The van der Waals surface area contributed by atoms with Crippen molar-refractivity contribution >= 4 is 34.0 Å². The highest BCUT2D eigenvalue weighted by Crippen LogP contribution is 2.24. The Labute approximate surface area is 103 Å². The minimum Gasteiger partial charge on any atom is -0.347 e. The Hall–Kier alpha value is -2.01. The summed E-state index contributed by atoms with van der Waals surface area (Å²) >= 11 is 4.93. The number of hydrogen-bond donors (Lipinski definition) is 2. The van der Waals surface area contributed by atoms with Crippen molar-refractivity contribution in [2.75, 3.05) is 0 Å². The zero-order valence-corrected chi connectivity index (χ0v) is 9.62. The van der Waals surface area contributed by atoms with E-state index in [0.29, 0.717) is 5.11 Å². The van der Waals surface area contributed by atoms with E-state index in [1.165, 1.54) is 0 Å². The molecule has 1 aromatic carbocycles. The van der Waals surface area contributed by atoms with Gasteiger partial charge < -0.3 is 10.6 Å². The maximum absolute atomic E-state index is 11.7. The molecule has 0 radical (unpaired) electrons. The van der Waals surface area contributed by atoms with Gasteiger partial charge in [0.15, 0.2) is 5.11 Å². The fraction of sp³-hybridized carbons (Fsp3) is 0.0833. The first kappa shape index (κ1) is 10.2. The highest BCUT2D eigenvalue weighted by molar-refractivity contribution is 7.80. The van der Waals surface area contributed by atoms with E-state index in [1.807, 2.05) is 24.3 Å². The van der Waals surface area contributed by atoms with E-state index in [4.69, 9.17) is 12.2 Å². The van der Waals surface area contributed by atoms with Gasteiger partial charge in [0, 0.05) is 23.3 Å². The number of thiocarbonyl (C=S) groups is 1. The predicted octanol–water partition coefficient (Wildman–Crippen LogP) is 1.28. The standard InChI is InChI=1S/C12H9N3OS/c16-11-10(14-12(17)15-11)9-6-13-5-7-3-1-2-4-8(7)9/h1-6,10H,(H2,14,15,16,17). The van der Waals surface area contributed by atoms with Crippen LogP contribution in [0.5, 0.6) is 0 Å². The molecule has 0 spiro atoms. The lowest BCUT2D eigenvalue weighted by Crippen LogP contribution is -2.21. The Bertz CT molecular complexity index is 621. The van der Waals surface area contributed by atoms with Crippen molar-refractivity contribution in [1.29, 1.82) is 0 Å². The van der Waals surface area contributed by atoms with Crippen LogP contribution in [0.3, 0.4) is 0 Å². The smallest absolute Gasteiger partial charge is 0.253 e. The third-order valence-corrected chi connectivity index (χ3v) is 3.00. The lowest BCUT2D eigenvalue weighted by molar-refractivity contribution is -0.120. The Morgan fingerprint density at radius 1 is 1.24 bits per heavy atom. The third-order valence-electron chi connectivity index (χ3n) is 2.78. The molecule has 2 aromatic rings. The zero-order valence-electron chi connectivity index (χ0n) is 8.81. The lowest BCUT2D eigenvalue weighted by Gasteiger charge is -2.10. The molecule has 3 rings (SSSR count). The van der Waals surface area contributed by atoms with E-state index < -0.39 is 6.04 Å². The highest BCUT2D eigenvalue weighted by atomic mass is 32.1. The largest absolute Gasteiger partial charge is 0.347 e. The molecule has 1 fully saturated rings. The van der Waals surface area contributed by atoms with Crippen molar-refractivity contribution in [3.63, 3.8) is 0 Å². The first-order valence-electron chi connectivity index (χ1n) is 5.20. The molecular weight excluding hydrogens is 234 g/mol. The van der Waals surface area contributed by atoms with Gasteiger partial charge in [0.2, 0.25) is 0 Å². The molecule has 0 bridgehead atoms. The molecule has 0 saturated carbocycles. The second-order valence-electron chi connectivity index (χ2n) is 3.85. The third kappa shape index (κ3) is 1.64. The van der Waals surface area contributed by atoms with Gasteiger partial charge in [-0.3, -0.25) is 9.78 Å². The molecule has 2 N–H and O–H groups in total. The van der Waals surface area contributed by atoms with Crippen LogP contribution in [-0.4, -0.2) is 16.0 Å². The maximum atomic E-state index is 11.7. The number of benzene rings is 1. The molecule has 1 aromatic heterocycles. The monoisotopic (exact) mass is 243 g/mol. The molecule has 1 unspecified atom stereocenters. The van der Waals surface area contributed by atoms with E-state index in [2.05, 4.69) is 15.6 Å². The highest BCUT2D eigenvalue weighted by Gasteiger charge is 2.29. The number of aromatic nitrogens is 1. The van der Waals surface area contributed by atoms with Crippen LogP contribution in [0.15, 0.2) is 36.7 Å². The molecular formula is C12H9N3OS. The fourth-order valence-corrected chi connectivity index (χ4v) is 2.22. The van der Waals surface area contributed by atoms with Gasteiger partial charge in [-0.15, -0.1) is 0 Å². The number of nitrogens with zero attached hydrogens (tertiary/aromatic N) is 1. The van der Waals surface area contributed by atoms with Crippen LogP contribution < -0.4 is 10.6 Å². The first-order chi connectivity index (χ1) is 8.25. The Kier molecular flexibility index (Phi) is 2.26. The van der Waals surface area contributed by atoms with Crippen molar-refractivity contribution in [3.8, 4) is 0 Å². The quantitative estimate of drug-likeness (QED) is 0.741. The summed E-state index contributed by atoms with van der Waals surface area (Å²) in [7, 11) is 0. The average Bonchev–Trinajstić information content (AvgIpc) is 2.68. The van der Waals surface area contributed by atoms with Gasteiger partial charge >= 0.3 is 0 Å². The Balaban J connectivity index is 2.17. The summed E-state index contributed by atoms with van der Waals surface area (Å²) < 4.78 is 0. The number of amides is 1. The van der Waals surface area contributed by atoms with Gasteiger partial charge in [-0.05, 0) is 17.6 Å². The molecule has 1 amide bonds. The number of rotatable bonds is 1. The van der Waals surface area contributed by atoms with Crippen LogP contribution in [0.25, 0.3) is 10.8 Å². The summed E-state index contributed by atoms with van der Waals surface area (Å²) in [6.07, 6.45) is 3.48. The van der Waals surface area contributed by atoms with Gasteiger partial charge in [0.25, 0.3) is 5.91 Å². The molecule has 1 aliphatic rings. The van der Waals surface area contributed by atoms with E-state index in [9.17, 15) is 4.79 Å². The van der Waals surface area contributed by atoms with E-state index in [0.717, 1.165) is 16.3 Å². The second-order valence-corrected chi connectivity index (χ2v) is 4.25. The number of pyridine rings is 1. The SMILES string of the molecule is O=C1NC(=S)NC1c1cncc2ccccc12. The molecule has 0 aliphatic carbocycles. The average molecular weight is 243 g/mol. The number of nitrogens with one attached hydrogen (secondary N) is 2. The maximum Gasteiger partial charge on any atom is 0.253 e. The van der Waals surface area contributed by atoms with Crippen molar-refractivity contribution in [1.82, 2.24) is 15.6 Å². The van der Waals surface area contributed by atoms with Crippen LogP contribution in [-0.2, 0) is 4.79 Å².